The Bertz CT molecular complexity index is 533. The van der Waals surface area contributed by atoms with Gasteiger partial charge in [-0.3, -0.25) is 0 Å². The largest absolute Gasteiger partial charge is 0.491 e. The lowest BCUT2D eigenvalue weighted by Crippen LogP contribution is -2.37. The molecule has 1 aliphatic rings. The second-order valence-corrected chi connectivity index (χ2v) is 7.34. The first-order valence-corrected chi connectivity index (χ1v) is 8.85. The van der Waals surface area contributed by atoms with E-state index in [1.807, 2.05) is 0 Å². The Balaban J connectivity index is 1.98. The number of ether oxygens (including phenoxy) is 1. The van der Waals surface area contributed by atoms with Crippen LogP contribution in [0.3, 0.4) is 0 Å². The summed E-state index contributed by atoms with van der Waals surface area (Å²) in [7, 11) is -3.47. The summed E-state index contributed by atoms with van der Waals surface area (Å²) in [5, 5.41) is 8.68. The maximum Gasteiger partial charge on any atom is 0.240 e. The number of aliphatic hydroxyl groups excluding tert-OH is 1. The number of aliphatic hydroxyl groups is 1. The topological polar surface area (TPSA) is 75.6 Å². The van der Waals surface area contributed by atoms with E-state index in [1.165, 1.54) is 12.1 Å². The molecule has 1 aromatic rings. The Labute approximate surface area is 126 Å². The van der Waals surface area contributed by atoms with E-state index in [-0.39, 0.29) is 24.2 Å². The van der Waals surface area contributed by atoms with Gasteiger partial charge in [0.05, 0.1) is 11.5 Å². The molecule has 1 aromatic carbocycles. The zero-order valence-corrected chi connectivity index (χ0v) is 13.1. The molecule has 2 rings (SSSR count). The van der Waals surface area contributed by atoms with E-state index in [1.54, 1.807) is 12.1 Å². The van der Waals surface area contributed by atoms with Crippen molar-refractivity contribution in [1.82, 2.24) is 4.72 Å². The molecule has 0 radical (unpaired) electrons. The molecule has 0 saturated heterocycles. The summed E-state index contributed by atoms with van der Waals surface area (Å²) in [5.41, 5.74) is 0. The lowest BCUT2D eigenvalue weighted by molar-refractivity contribution is 0.201. The van der Waals surface area contributed by atoms with Crippen LogP contribution in [0.25, 0.3) is 0 Å². The summed E-state index contributed by atoms with van der Waals surface area (Å²) in [4.78, 5) is 0.248. The SMILES string of the molecule is CC1CCC(NS(=O)(=O)c2ccc(OCCO)cc2)CC1. The van der Waals surface area contributed by atoms with Crippen LogP contribution in [0.15, 0.2) is 29.2 Å². The molecule has 118 valence electrons. The Hall–Kier alpha value is -1.11. The fourth-order valence-corrected chi connectivity index (χ4v) is 3.85. The molecule has 0 amide bonds. The summed E-state index contributed by atoms with van der Waals surface area (Å²) >= 11 is 0. The second kappa shape index (κ2) is 7.24. The van der Waals surface area contributed by atoms with Gasteiger partial charge in [-0.2, -0.15) is 0 Å². The van der Waals surface area contributed by atoms with E-state index in [0.717, 1.165) is 25.7 Å². The van der Waals surface area contributed by atoms with Gasteiger partial charge in [0, 0.05) is 6.04 Å². The molecule has 0 aromatic heterocycles. The van der Waals surface area contributed by atoms with Gasteiger partial charge in [-0.15, -0.1) is 0 Å². The molecule has 21 heavy (non-hydrogen) atoms. The smallest absolute Gasteiger partial charge is 0.240 e. The first-order chi connectivity index (χ1) is 10.0. The molecule has 1 aliphatic carbocycles. The molecular formula is C15H23NO4S. The van der Waals surface area contributed by atoms with Crippen molar-refractivity contribution < 1.29 is 18.3 Å². The van der Waals surface area contributed by atoms with Crippen LogP contribution in [0.5, 0.6) is 5.75 Å². The molecule has 0 atom stereocenters. The first kappa shape index (κ1) is 16.3. The molecule has 1 saturated carbocycles. The third-order valence-corrected chi connectivity index (χ3v) is 5.37. The minimum Gasteiger partial charge on any atom is -0.491 e. The van der Waals surface area contributed by atoms with E-state index < -0.39 is 10.0 Å². The van der Waals surface area contributed by atoms with Crippen LogP contribution in [0.1, 0.15) is 32.6 Å². The maximum absolute atomic E-state index is 12.3. The minimum atomic E-state index is -3.47. The van der Waals surface area contributed by atoms with E-state index in [0.29, 0.717) is 11.7 Å². The van der Waals surface area contributed by atoms with Crippen molar-refractivity contribution >= 4 is 10.0 Å². The summed E-state index contributed by atoms with van der Waals surface area (Å²) < 4.78 is 32.6. The standard InChI is InChI=1S/C15H23NO4S/c1-12-2-4-13(5-3-12)16-21(18,19)15-8-6-14(7-9-15)20-11-10-17/h6-9,12-13,16-17H,2-5,10-11H2,1H3. The van der Waals surface area contributed by atoms with Gasteiger partial charge in [0.1, 0.15) is 12.4 Å². The van der Waals surface area contributed by atoms with Crippen LogP contribution >= 0.6 is 0 Å². The van der Waals surface area contributed by atoms with Crippen LogP contribution in [-0.2, 0) is 10.0 Å². The van der Waals surface area contributed by atoms with Gasteiger partial charge < -0.3 is 9.84 Å². The predicted molar refractivity (Wildman–Crippen MR) is 80.8 cm³/mol. The molecule has 2 N–H and O–H groups in total. The molecule has 0 aliphatic heterocycles. The van der Waals surface area contributed by atoms with Crippen molar-refractivity contribution in [3.05, 3.63) is 24.3 Å². The summed E-state index contributed by atoms with van der Waals surface area (Å²) in [5.74, 6) is 1.24. The molecular weight excluding hydrogens is 290 g/mol. The Morgan fingerprint density at radius 1 is 1.19 bits per heavy atom. The number of benzene rings is 1. The van der Waals surface area contributed by atoms with Gasteiger partial charge >= 0.3 is 0 Å². The lowest BCUT2D eigenvalue weighted by atomic mass is 9.88. The van der Waals surface area contributed by atoms with Crippen LogP contribution in [0.4, 0.5) is 0 Å². The molecule has 0 bridgehead atoms. The fourth-order valence-electron chi connectivity index (χ4n) is 2.54. The summed E-state index contributed by atoms with van der Waals surface area (Å²) in [6, 6.07) is 6.30. The minimum absolute atomic E-state index is 0.0384. The van der Waals surface area contributed by atoms with Gasteiger partial charge in [0.25, 0.3) is 0 Å². The van der Waals surface area contributed by atoms with Crippen LogP contribution in [-0.4, -0.2) is 32.8 Å². The summed E-state index contributed by atoms with van der Waals surface area (Å²) in [6.45, 7) is 2.34. The lowest BCUT2D eigenvalue weighted by Gasteiger charge is -2.26. The van der Waals surface area contributed by atoms with Crippen molar-refractivity contribution in [2.24, 2.45) is 5.92 Å². The molecule has 0 spiro atoms. The fraction of sp³-hybridized carbons (Fsp3) is 0.600. The Morgan fingerprint density at radius 2 is 1.81 bits per heavy atom. The molecule has 5 nitrogen and oxygen atoms in total. The number of sulfonamides is 1. The van der Waals surface area contributed by atoms with Crippen molar-refractivity contribution in [1.29, 1.82) is 0 Å². The van der Waals surface area contributed by atoms with Crippen molar-refractivity contribution in [3.63, 3.8) is 0 Å². The van der Waals surface area contributed by atoms with Gasteiger partial charge in [0.2, 0.25) is 10.0 Å². The highest BCUT2D eigenvalue weighted by Gasteiger charge is 2.24. The quantitative estimate of drug-likeness (QED) is 0.841. The van der Waals surface area contributed by atoms with Crippen molar-refractivity contribution in [3.8, 4) is 5.75 Å². The second-order valence-electron chi connectivity index (χ2n) is 5.62. The van der Waals surface area contributed by atoms with Gasteiger partial charge in [-0.25, -0.2) is 13.1 Å². The third-order valence-electron chi connectivity index (χ3n) is 3.83. The molecule has 1 fully saturated rings. The predicted octanol–water partition coefficient (Wildman–Crippen LogP) is 1.91. The Morgan fingerprint density at radius 3 is 2.38 bits per heavy atom. The van der Waals surface area contributed by atoms with Crippen LogP contribution in [0.2, 0.25) is 0 Å². The highest BCUT2D eigenvalue weighted by molar-refractivity contribution is 7.89. The zero-order chi connectivity index (χ0) is 15.3. The van der Waals surface area contributed by atoms with E-state index in [4.69, 9.17) is 9.84 Å². The first-order valence-electron chi connectivity index (χ1n) is 7.37. The van der Waals surface area contributed by atoms with E-state index >= 15 is 0 Å². The average molecular weight is 313 g/mol. The van der Waals surface area contributed by atoms with E-state index in [9.17, 15) is 8.42 Å². The summed E-state index contributed by atoms with van der Waals surface area (Å²) in [6.07, 6.45) is 3.94. The highest BCUT2D eigenvalue weighted by Crippen LogP contribution is 2.25. The van der Waals surface area contributed by atoms with Crippen LogP contribution in [0, 0.1) is 5.92 Å². The monoisotopic (exact) mass is 313 g/mol. The zero-order valence-electron chi connectivity index (χ0n) is 12.3. The molecule has 6 heteroatoms. The average Bonchev–Trinajstić information content (AvgIpc) is 2.48. The normalized spacial score (nSPS) is 23.0. The molecule has 0 heterocycles. The van der Waals surface area contributed by atoms with E-state index in [2.05, 4.69) is 11.6 Å². The van der Waals surface area contributed by atoms with Gasteiger partial charge in [0.15, 0.2) is 0 Å². The highest BCUT2D eigenvalue weighted by atomic mass is 32.2. The molecule has 0 unspecified atom stereocenters. The van der Waals surface area contributed by atoms with Gasteiger partial charge in [-0.05, 0) is 55.9 Å². The third kappa shape index (κ3) is 4.69. The van der Waals surface area contributed by atoms with Gasteiger partial charge in [-0.1, -0.05) is 6.92 Å². The number of hydrogen-bond acceptors (Lipinski definition) is 4. The number of nitrogens with one attached hydrogen (secondary N) is 1. The Kier molecular flexibility index (Phi) is 5.61. The number of hydrogen-bond donors (Lipinski definition) is 2. The maximum atomic E-state index is 12.3. The number of rotatable bonds is 6. The van der Waals surface area contributed by atoms with Crippen molar-refractivity contribution in [2.45, 2.75) is 43.5 Å². The van der Waals surface area contributed by atoms with Crippen LogP contribution < -0.4 is 9.46 Å². The van der Waals surface area contributed by atoms with Crippen molar-refractivity contribution in [2.75, 3.05) is 13.2 Å².